The van der Waals surface area contributed by atoms with E-state index in [4.69, 9.17) is 9.47 Å². The second-order valence-electron chi connectivity index (χ2n) is 6.40. The molecule has 0 aliphatic rings. The van der Waals surface area contributed by atoms with Crippen LogP contribution in [0.15, 0.2) is 41.4 Å². The summed E-state index contributed by atoms with van der Waals surface area (Å²) in [6.07, 6.45) is 2.63. The van der Waals surface area contributed by atoms with Gasteiger partial charge >= 0.3 is 16.9 Å². The van der Waals surface area contributed by atoms with Crippen molar-refractivity contribution >= 4 is 61.8 Å². The first-order valence-corrected chi connectivity index (χ1v) is 11.4. The van der Waals surface area contributed by atoms with E-state index in [1.54, 1.807) is 32.0 Å². The first-order valence-electron chi connectivity index (χ1n) is 9.79. The highest BCUT2D eigenvalue weighted by molar-refractivity contribution is 7.16. The van der Waals surface area contributed by atoms with Gasteiger partial charge in [0.05, 0.1) is 33.9 Å². The number of thiazole rings is 1. The highest BCUT2D eigenvalue weighted by atomic mass is 32.1. The number of hydrogen-bond acceptors (Lipinski definition) is 9. The molecule has 0 aliphatic carbocycles. The second-order valence-corrected chi connectivity index (χ2v) is 8.50. The van der Waals surface area contributed by atoms with Crippen LogP contribution in [0.2, 0.25) is 0 Å². The van der Waals surface area contributed by atoms with Crippen molar-refractivity contribution in [3.8, 4) is 0 Å². The van der Waals surface area contributed by atoms with Gasteiger partial charge in [-0.1, -0.05) is 22.7 Å². The van der Waals surface area contributed by atoms with Crippen LogP contribution in [0.4, 0.5) is 5.00 Å². The van der Waals surface area contributed by atoms with Gasteiger partial charge in [-0.15, -0.1) is 0 Å². The van der Waals surface area contributed by atoms with Crippen molar-refractivity contribution in [3.63, 3.8) is 0 Å². The fraction of sp³-hybridized carbons (Fsp3) is 0.238. The van der Waals surface area contributed by atoms with E-state index >= 15 is 0 Å². The summed E-state index contributed by atoms with van der Waals surface area (Å²) < 4.78 is 12.2. The van der Waals surface area contributed by atoms with Crippen molar-refractivity contribution < 1.29 is 28.8 Å². The first-order chi connectivity index (χ1) is 15.8. The number of carbonyl (C=O) groups excluding carboxylic acids is 3. The smallest absolute Gasteiger partial charge is 0.338 e. The monoisotopic (exact) mass is 489 g/mol. The zero-order chi connectivity index (χ0) is 24.0. The molecule has 0 bridgehead atoms. The summed E-state index contributed by atoms with van der Waals surface area (Å²) in [5, 5.41) is 10.8. The van der Waals surface area contributed by atoms with Crippen molar-refractivity contribution in [2.75, 3.05) is 13.2 Å². The third-order valence-electron chi connectivity index (χ3n) is 4.17. The van der Waals surface area contributed by atoms with Crippen LogP contribution in [-0.2, 0) is 25.6 Å². The normalized spacial score (nSPS) is 11.8. The lowest BCUT2D eigenvalue weighted by molar-refractivity contribution is -0.380. The van der Waals surface area contributed by atoms with Gasteiger partial charge in [-0.2, -0.15) is 4.99 Å². The van der Waals surface area contributed by atoms with Crippen molar-refractivity contribution in [1.29, 1.82) is 0 Å². The molecule has 0 aliphatic heterocycles. The van der Waals surface area contributed by atoms with E-state index < -0.39 is 22.8 Å². The number of esters is 2. The summed E-state index contributed by atoms with van der Waals surface area (Å²) in [5.41, 5.74) is 0.941. The van der Waals surface area contributed by atoms with Gasteiger partial charge in [-0.05, 0) is 44.2 Å². The van der Waals surface area contributed by atoms with Gasteiger partial charge in [0.15, 0.2) is 4.80 Å². The molecule has 1 aromatic carbocycles. The number of fused-ring (bicyclic) bond motifs is 1. The molecule has 172 valence electrons. The Morgan fingerprint density at radius 1 is 1.12 bits per heavy atom. The predicted molar refractivity (Wildman–Crippen MR) is 123 cm³/mol. The molecule has 2 aromatic heterocycles. The molecule has 0 saturated carbocycles. The van der Waals surface area contributed by atoms with Crippen LogP contribution in [0.3, 0.4) is 0 Å². The molecule has 3 rings (SSSR count). The third kappa shape index (κ3) is 5.99. The molecule has 0 unspecified atom stereocenters. The molecule has 12 heteroatoms. The van der Waals surface area contributed by atoms with Crippen molar-refractivity contribution in [2.24, 2.45) is 4.99 Å². The Morgan fingerprint density at radius 3 is 2.55 bits per heavy atom. The highest BCUT2D eigenvalue weighted by Gasteiger charge is 2.15. The molecule has 1 amide bonds. The molecule has 10 nitrogen and oxygen atoms in total. The molecule has 0 N–H and O–H groups in total. The second kappa shape index (κ2) is 10.8. The average Bonchev–Trinajstić information content (AvgIpc) is 3.37. The Kier molecular flexibility index (Phi) is 7.85. The van der Waals surface area contributed by atoms with E-state index in [0.29, 0.717) is 20.7 Å². The number of thiophene rings is 1. The maximum Gasteiger partial charge on any atom is 0.338 e. The fourth-order valence-electron chi connectivity index (χ4n) is 2.80. The van der Waals surface area contributed by atoms with E-state index in [9.17, 15) is 24.5 Å². The van der Waals surface area contributed by atoms with Crippen LogP contribution < -0.4 is 4.80 Å². The summed E-state index contributed by atoms with van der Waals surface area (Å²) in [6.45, 7) is 3.67. The topological polar surface area (TPSA) is 130 Å². The van der Waals surface area contributed by atoms with E-state index in [2.05, 4.69) is 4.99 Å². The van der Waals surface area contributed by atoms with E-state index in [0.717, 1.165) is 22.7 Å². The Hall–Kier alpha value is -3.64. The number of hydrogen-bond donors (Lipinski definition) is 0. The lowest BCUT2D eigenvalue weighted by atomic mass is 10.2. The number of ether oxygens (including phenoxy) is 2. The Labute approximate surface area is 195 Å². The molecule has 0 fully saturated rings. The summed E-state index contributed by atoms with van der Waals surface area (Å²) >= 11 is 2.06. The summed E-state index contributed by atoms with van der Waals surface area (Å²) in [4.78, 5) is 51.8. The summed E-state index contributed by atoms with van der Waals surface area (Å²) in [7, 11) is 0. The van der Waals surface area contributed by atoms with Gasteiger partial charge in [-0.3, -0.25) is 19.7 Å². The SMILES string of the molecule is CCOC(=O)Cn1c(=NC(=O)C=Cc2ccc([N+](=O)[O-])s2)sc2cc(C(=O)OCC)ccc21. The van der Waals surface area contributed by atoms with Crippen molar-refractivity contribution in [2.45, 2.75) is 20.4 Å². The van der Waals surface area contributed by atoms with Crippen LogP contribution in [0, 0.1) is 10.1 Å². The van der Waals surface area contributed by atoms with Gasteiger partial charge in [0.2, 0.25) is 0 Å². The predicted octanol–water partition coefficient (Wildman–Crippen LogP) is 3.55. The van der Waals surface area contributed by atoms with Crippen molar-refractivity contribution in [1.82, 2.24) is 4.57 Å². The summed E-state index contributed by atoms with van der Waals surface area (Å²) in [5.74, 6) is -1.59. The number of nitro groups is 1. The lowest BCUT2D eigenvalue weighted by Gasteiger charge is -2.05. The maximum atomic E-state index is 12.4. The standard InChI is InChI=1S/C21H19N3O7S2/c1-3-30-19(26)12-23-15-8-5-13(20(27)31-4-2)11-16(15)33-21(23)22-17(25)9-6-14-7-10-18(32-14)24(28)29/h5-11H,3-4,12H2,1-2H3. The number of benzene rings is 1. The van der Waals surface area contributed by atoms with Crippen LogP contribution in [0.1, 0.15) is 29.1 Å². The summed E-state index contributed by atoms with van der Waals surface area (Å²) in [6, 6.07) is 7.73. The number of rotatable bonds is 8. The molecule has 0 spiro atoms. The molecule has 0 radical (unpaired) electrons. The zero-order valence-electron chi connectivity index (χ0n) is 17.7. The first kappa shape index (κ1) is 24.0. The van der Waals surface area contributed by atoms with E-state index in [1.807, 2.05) is 0 Å². The van der Waals surface area contributed by atoms with Gasteiger partial charge in [-0.25, -0.2) is 4.79 Å². The Balaban J connectivity index is 1.98. The van der Waals surface area contributed by atoms with Gasteiger partial charge < -0.3 is 14.0 Å². The van der Waals surface area contributed by atoms with E-state index in [-0.39, 0.29) is 29.6 Å². The highest BCUT2D eigenvalue weighted by Crippen LogP contribution is 2.25. The molecular weight excluding hydrogens is 470 g/mol. The zero-order valence-corrected chi connectivity index (χ0v) is 19.3. The minimum Gasteiger partial charge on any atom is -0.465 e. The number of nitrogens with zero attached hydrogens (tertiary/aromatic N) is 3. The van der Waals surface area contributed by atoms with Crippen LogP contribution in [-0.4, -0.2) is 40.5 Å². The van der Waals surface area contributed by atoms with Crippen LogP contribution >= 0.6 is 22.7 Å². The Bertz CT molecular complexity index is 1320. The third-order valence-corrected chi connectivity index (χ3v) is 6.22. The number of amides is 1. The largest absolute Gasteiger partial charge is 0.465 e. The molecular formula is C21H19N3O7S2. The minimum absolute atomic E-state index is 0.0340. The van der Waals surface area contributed by atoms with Gasteiger partial charge in [0.1, 0.15) is 6.54 Å². The Morgan fingerprint density at radius 2 is 1.88 bits per heavy atom. The molecule has 3 aromatic rings. The van der Waals surface area contributed by atoms with Crippen LogP contribution in [0.25, 0.3) is 16.3 Å². The lowest BCUT2D eigenvalue weighted by Crippen LogP contribution is -2.22. The molecule has 0 saturated heterocycles. The quantitative estimate of drug-likeness (QED) is 0.205. The average molecular weight is 490 g/mol. The van der Waals surface area contributed by atoms with Gasteiger partial charge in [0, 0.05) is 17.0 Å². The van der Waals surface area contributed by atoms with Crippen molar-refractivity contribution in [3.05, 3.63) is 61.8 Å². The minimum atomic E-state index is -0.610. The number of aromatic nitrogens is 1. The molecule has 33 heavy (non-hydrogen) atoms. The van der Waals surface area contributed by atoms with Gasteiger partial charge in [0.25, 0.3) is 5.91 Å². The fourth-order valence-corrected chi connectivity index (χ4v) is 4.60. The maximum absolute atomic E-state index is 12.4. The molecule has 2 heterocycles. The number of carbonyl (C=O) groups is 3. The molecule has 0 atom stereocenters. The van der Waals surface area contributed by atoms with E-state index in [1.165, 1.54) is 28.9 Å². The van der Waals surface area contributed by atoms with Crippen LogP contribution in [0.5, 0.6) is 0 Å².